The number of carbonyl (C=O) groups is 1. The first kappa shape index (κ1) is 15.3. The Hall–Kier alpha value is -1.59. The van der Waals surface area contributed by atoms with Gasteiger partial charge in [0.2, 0.25) is 0 Å². The van der Waals surface area contributed by atoms with Gasteiger partial charge in [0.05, 0.1) is 37.7 Å². The number of quaternary nitrogens is 1. The van der Waals surface area contributed by atoms with E-state index in [2.05, 4.69) is 29.0 Å². The van der Waals surface area contributed by atoms with Gasteiger partial charge < -0.3 is 14.5 Å². The first-order valence-electron chi connectivity index (χ1n) is 7.54. The summed E-state index contributed by atoms with van der Waals surface area (Å²) in [6.07, 6.45) is 0. The van der Waals surface area contributed by atoms with Crippen molar-refractivity contribution in [1.82, 2.24) is 4.90 Å². The van der Waals surface area contributed by atoms with Gasteiger partial charge in [0.15, 0.2) is 6.61 Å². The van der Waals surface area contributed by atoms with Gasteiger partial charge in [0.1, 0.15) is 5.75 Å². The van der Waals surface area contributed by atoms with Gasteiger partial charge in [0.25, 0.3) is 5.91 Å². The molecular weight excluding hydrogens is 344 g/mol. The maximum absolute atomic E-state index is 12.2. The van der Waals surface area contributed by atoms with E-state index in [-0.39, 0.29) is 12.5 Å². The molecule has 0 radical (unpaired) electrons. The molecular formula is C17H20BrN2O2+. The van der Waals surface area contributed by atoms with E-state index >= 15 is 0 Å². The summed E-state index contributed by atoms with van der Waals surface area (Å²) in [5.41, 5.74) is 0. The highest BCUT2D eigenvalue weighted by molar-refractivity contribution is 9.10. The molecule has 22 heavy (non-hydrogen) atoms. The van der Waals surface area contributed by atoms with Gasteiger partial charge in [-0.05, 0) is 32.8 Å². The Labute approximate surface area is 138 Å². The highest BCUT2D eigenvalue weighted by atomic mass is 79.9. The molecule has 0 spiro atoms. The molecule has 116 valence electrons. The minimum absolute atomic E-state index is 0.0626. The van der Waals surface area contributed by atoms with Gasteiger partial charge in [-0.25, -0.2) is 0 Å². The molecule has 5 heteroatoms. The third-order valence-electron chi connectivity index (χ3n) is 4.15. The largest absolute Gasteiger partial charge is 0.483 e. The van der Waals surface area contributed by atoms with E-state index in [1.54, 1.807) is 0 Å². The number of rotatable bonds is 3. The predicted molar refractivity (Wildman–Crippen MR) is 90.3 cm³/mol. The van der Waals surface area contributed by atoms with Crippen molar-refractivity contribution in [1.29, 1.82) is 0 Å². The lowest BCUT2D eigenvalue weighted by Gasteiger charge is -2.30. The molecule has 0 aromatic heterocycles. The summed E-state index contributed by atoms with van der Waals surface area (Å²) in [7, 11) is 2.16. The maximum Gasteiger partial charge on any atom is 0.260 e. The standard InChI is InChI=1S/C17H19BrN2O2/c1-19-8-10-20(11-9-19)16(21)12-22-15-7-6-13-4-2-3-5-14(13)17(15)18/h2-7H,8-12H2,1H3/p+1. The lowest BCUT2D eigenvalue weighted by molar-refractivity contribution is -0.883. The van der Waals surface area contributed by atoms with E-state index in [1.165, 1.54) is 4.90 Å². The first-order chi connectivity index (χ1) is 10.6. The van der Waals surface area contributed by atoms with Crippen molar-refractivity contribution < 1.29 is 14.4 Å². The smallest absolute Gasteiger partial charge is 0.260 e. The van der Waals surface area contributed by atoms with Crippen LogP contribution in [0.2, 0.25) is 0 Å². The van der Waals surface area contributed by atoms with E-state index in [4.69, 9.17) is 4.74 Å². The van der Waals surface area contributed by atoms with Gasteiger partial charge in [-0.3, -0.25) is 4.79 Å². The molecule has 2 aromatic rings. The van der Waals surface area contributed by atoms with E-state index in [1.807, 2.05) is 35.2 Å². The molecule has 0 saturated carbocycles. The molecule has 0 bridgehead atoms. The Kier molecular flexibility index (Phi) is 4.64. The summed E-state index contributed by atoms with van der Waals surface area (Å²) in [6, 6.07) is 12.0. The number of halogens is 1. The van der Waals surface area contributed by atoms with Crippen LogP contribution in [-0.4, -0.2) is 50.6 Å². The van der Waals surface area contributed by atoms with Gasteiger partial charge in [-0.15, -0.1) is 0 Å². The zero-order valence-corrected chi connectivity index (χ0v) is 14.2. The Bertz CT molecular complexity index is 681. The molecule has 0 unspecified atom stereocenters. The number of hydrogen-bond donors (Lipinski definition) is 1. The lowest BCUT2D eigenvalue weighted by atomic mass is 10.1. The second-order valence-corrected chi connectivity index (χ2v) is 6.52. The number of piperazine rings is 1. The highest BCUT2D eigenvalue weighted by Gasteiger charge is 2.21. The Morgan fingerprint density at radius 3 is 2.73 bits per heavy atom. The van der Waals surface area contributed by atoms with Gasteiger partial charge in [0, 0.05) is 0 Å². The van der Waals surface area contributed by atoms with Crippen molar-refractivity contribution in [3.8, 4) is 5.75 Å². The lowest BCUT2D eigenvalue weighted by Crippen LogP contribution is -3.12. The number of carbonyl (C=O) groups excluding carboxylic acids is 1. The molecule has 0 aliphatic carbocycles. The summed E-state index contributed by atoms with van der Waals surface area (Å²) in [4.78, 5) is 15.6. The molecule has 1 aliphatic heterocycles. The summed E-state index contributed by atoms with van der Waals surface area (Å²) in [6.45, 7) is 3.73. The van der Waals surface area contributed by atoms with Crippen LogP contribution in [0.4, 0.5) is 0 Å². The minimum Gasteiger partial charge on any atom is -0.483 e. The molecule has 1 heterocycles. The fourth-order valence-corrected chi connectivity index (χ4v) is 3.30. The maximum atomic E-state index is 12.2. The Balaban J connectivity index is 1.66. The van der Waals surface area contributed by atoms with Crippen LogP contribution in [0.3, 0.4) is 0 Å². The number of nitrogens with zero attached hydrogens (tertiary/aromatic N) is 1. The molecule has 3 rings (SSSR count). The molecule has 1 aliphatic rings. The number of amides is 1. The summed E-state index contributed by atoms with van der Waals surface area (Å²) in [5, 5.41) is 2.24. The topological polar surface area (TPSA) is 34.0 Å². The quantitative estimate of drug-likeness (QED) is 0.892. The molecule has 1 saturated heterocycles. The average Bonchev–Trinajstić information content (AvgIpc) is 2.55. The van der Waals surface area contributed by atoms with Crippen LogP contribution in [0.5, 0.6) is 5.75 Å². The second kappa shape index (κ2) is 6.67. The number of benzene rings is 2. The SMILES string of the molecule is C[NH+]1CCN(C(=O)COc2ccc3ccccc3c2Br)CC1. The number of nitrogens with one attached hydrogen (secondary N) is 1. The Morgan fingerprint density at radius 1 is 1.23 bits per heavy atom. The predicted octanol–water partition coefficient (Wildman–Crippen LogP) is 1.34. The van der Waals surface area contributed by atoms with Crippen LogP contribution < -0.4 is 9.64 Å². The highest BCUT2D eigenvalue weighted by Crippen LogP contribution is 2.32. The van der Waals surface area contributed by atoms with E-state index in [0.717, 1.165) is 41.4 Å². The van der Waals surface area contributed by atoms with E-state index in [0.29, 0.717) is 5.75 Å². The first-order valence-corrected chi connectivity index (χ1v) is 8.33. The zero-order chi connectivity index (χ0) is 15.5. The number of ether oxygens (including phenoxy) is 1. The second-order valence-electron chi connectivity index (χ2n) is 5.73. The number of likely N-dealkylation sites (N-methyl/N-ethyl adjacent to an activating group) is 1. The zero-order valence-electron chi connectivity index (χ0n) is 12.6. The van der Waals surface area contributed by atoms with Gasteiger partial charge in [-0.1, -0.05) is 30.3 Å². The fourth-order valence-electron chi connectivity index (χ4n) is 2.69. The third-order valence-corrected chi connectivity index (χ3v) is 4.97. The molecule has 1 amide bonds. The van der Waals surface area contributed by atoms with Crippen LogP contribution in [0, 0.1) is 0 Å². The van der Waals surface area contributed by atoms with Crippen molar-refractivity contribution in [2.75, 3.05) is 39.8 Å². The van der Waals surface area contributed by atoms with Crippen LogP contribution in [0.15, 0.2) is 40.9 Å². The van der Waals surface area contributed by atoms with E-state index in [9.17, 15) is 4.79 Å². The van der Waals surface area contributed by atoms with Gasteiger partial charge in [-0.2, -0.15) is 0 Å². The van der Waals surface area contributed by atoms with Crippen LogP contribution in [0.1, 0.15) is 0 Å². The molecule has 1 fully saturated rings. The van der Waals surface area contributed by atoms with Crippen molar-refractivity contribution >= 4 is 32.6 Å². The molecule has 4 nitrogen and oxygen atoms in total. The minimum atomic E-state index is 0.0626. The van der Waals surface area contributed by atoms with Crippen LogP contribution >= 0.6 is 15.9 Å². The summed E-state index contributed by atoms with van der Waals surface area (Å²) < 4.78 is 6.65. The summed E-state index contributed by atoms with van der Waals surface area (Å²) >= 11 is 3.58. The normalized spacial score (nSPS) is 16.0. The molecule has 2 aromatic carbocycles. The van der Waals surface area contributed by atoms with Crippen molar-refractivity contribution in [3.63, 3.8) is 0 Å². The van der Waals surface area contributed by atoms with Crippen molar-refractivity contribution in [3.05, 3.63) is 40.9 Å². The number of hydrogen-bond acceptors (Lipinski definition) is 2. The van der Waals surface area contributed by atoms with Crippen molar-refractivity contribution in [2.24, 2.45) is 0 Å². The van der Waals surface area contributed by atoms with Crippen LogP contribution in [0.25, 0.3) is 10.8 Å². The monoisotopic (exact) mass is 363 g/mol. The summed E-state index contributed by atoms with van der Waals surface area (Å²) in [5.74, 6) is 0.777. The fraction of sp³-hybridized carbons (Fsp3) is 0.353. The molecule has 0 atom stereocenters. The van der Waals surface area contributed by atoms with E-state index < -0.39 is 0 Å². The molecule has 1 N–H and O–H groups in total. The van der Waals surface area contributed by atoms with Crippen LogP contribution in [-0.2, 0) is 4.79 Å². The Morgan fingerprint density at radius 2 is 1.95 bits per heavy atom. The average molecular weight is 364 g/mol. The number of fused-ring (bicyclic) bond motifs is 1. The third kappa shape index (κ3) is 3.25. The van der Waals surface area contributed by atoms with Gasteiger partial charge >= 0.3 is 0 Å². The van der Waals surface area contributed by atoms with Crippen molar-refractivity contribution in [2.45, 2.75) is 0 Å².